The molecule has 29 heavy (non-hydrogen) atoms. The van der Waals surface area contributed by atoms with Gasteiger partial charge in [0.15, 0.2) is 11.6 Å². The summed E-state index contributed by atoms with van der Waals surface area (Å²) in [6.07, 6.45) is 3.68. The second kappa shape index (κ2) is 6.91. The Bertz CT molecular complexity index is 1060. The van der Waals surface area contributed by atoms with E-state index in [9.17, 15) is 14.7 Å². The Morgan fingerprint density at radius 1 is 1.34 bits per heavy atom. The van der Waals surface area contributed by atoms with E-state index in [1.807, 2.05) is 11.8 Å². The Morgan fingerprint density at radius 3 is 2.59 bits per heavy atom. The number of piperidine rings is 1. The number of aromatic nitrogens is 1. The molecule has 1 aromatic carbocycles. The average Bonchev–Trinajstić information content (AvgIpc) is 3.51. The van der Waals surface area contributed by atoms with Crippen molar-refractivity contribution in [2.45, 2.75) is 38.3 Å². The van der Waals surface area contributed by atoms with Crippen molar-refractivity contribution in [2.24, 2.45) is 11.7 Å². The van der Waals surface area contributed by atoms with Crippen LogP contribution in [0.15, 0.2) is 11.0 Å². The van der Waals surface area contributed by atoms with E-state index in [-0.39, 0.29) is 40.5 Å². The number of hydrogen-bond acceptors (Lipinski definition) is 6. The lowest BCUT2D eigenvalue weighted by atomic mass is 9.94. The van der Waals surface area contributed by atoms with Crippen LogP contribution in [0, 0.1) is 11.7 Å². The molecule has 5 N–H and O–H groups in total. The van der Waals surface area contributed by atoms with Crippen molar-refractivity contribution in [3.63, 3.8) is 0 Å². The van der Waals surface area contributed by atoms with Crippen molar-refractivity contribution < 1.29 is 19.0 Å². The van der Waals surface area contributed by atoms with Gasteiger partial charge in [0.05, 0.1) is 23.7 Å². The molecule has 8 nitrogen and oxygen atoms in total. The van der Waals surface area contributed by atoms with Crippen LogP contribution in [0.4, 0.5) is 15.8 Å². The molecule has 1 saturated carbocycles. The van der Waals surface area contributed by atoms with Gasteiger partial charge in [-0.05, 0) is 25.2 Å². The Labute approximate surface area is 166 Å². The molecule has 1 saturated heterocycles. The molecule has 1 aromatic heterocycles. The normalized spacial score (nSPS) is 22.1. The van der Waals surface area contributed by atoms with Gasteiger partial charge < -0.3 is 30.8 Å². The summed E-state index contributed by atoms with van der Waals surface area (Å²) >= 11 is 0. The van der Waals surface area contributed by atoms with E-state index in [0.717, 1.165) is 12.8 Å². The summed E-state index contributed by atoms with van der Waals surface area (Å²) in [5.41, 5.74) is 11.2. The van der Waals surface area contributed by atoms with Crippen LogP contribution in [0.5, 0.6) is 5.75 Å². The zero-order chi connectivity index (χ0) is 21.0. The van der Waals surface area contributed by atoms with Crippen LogP contribution in [0.25, 0.3) is 10.9 Å². The highest BCUT2D eigenvalue weighted by atomic mass is 19.1. The minimum absolute atomic E-state index is 0.0245. The molecule has 0 spiro atoms. The van der Waals surface area contributed by atoms with Gasteiger partial charge in [0, 0.05) is 31.4 Å². The van der Waals surface area contributed by atoms with Crippen molar-refractivity contribution >= 4 is 28.2 Å². The van der Waals surface area contributed by atoms with Gasteiger partial charge in [-0.2, -0.15) is 0 Å². The summed E-state index contributed by atoms with van der Waals surface area (Å²) < 4.78 is 22.8. The number of carboxylic acids is 1. The summed E-state index contributed by atoms with van der Waals surface area (Å²) in [6, 6.07) is 0.0531. The van der Waals surface area contributed by atoms with Crippen molar-refractivity contribution in [3.05, 3.63) is 27.8 Å². The summed E-state index contributed by atoms with van der Waals surface area (Å²) in [6.45, 7) is 3.07. The maximum atomic E-state index is 15.5. The van der Waals surface area contributed by atoms with Gasteiger partial charge in [-0.25, -0.2) is 9.18 Å². The molecule has 0 radical (unpaired) electrons. The number of methoxy groups -OCH3 is 1. The number of rotatable bonds is 4. The highest BCUT2D eigenvalue weighted by Crippen LogP contribution is 2.46. The lowest BCUT2D eigenvalue weighted by molar-refractivity contribution is 0.0695. The van der Waals surface area contributed by atoms with Gasteiger partial charge in [0.1, 0.15) is 11.3 Å². The van der Waals surface area contributed by atoms with E-state index < -0.39 is 22.8 Å². The van der Waals surface area contributed by atoms with Gasteiger partial charge in [0.25, 0.3) is 0 Å². The number of benzene rings is 1. The molecule has 4 rings (SSSR count). The van der Waals surface area contributed by atoms with Gasteiger partial charge >= 0.3 is 5.97 Å². The van der Waals surface area contributed by atoms with Crippen LogP contribution in [0.2, 0.25) is 0 Å². The Kier molecular flexibility index (Phi) is 4.65. The van der Waals surface area contributed by atoms with Crippen molar-refractivity contribution in [3.8, 4) is 5.75 Å². The van der Waals surface area contributed by atoms with Gasteiger partial charge in [0.2, 0.25) is 5.43 Å². The van der Waals surface area contributed by atoms with E-state index in [1.165, 1.54) is 13.3 Å². The summed E-state index contributed by atoms with van der Waals surface area (Å²) in [5, 5.41) is 9.31. The smallest absolute Gasteiger partial charge is 0.341 e. The molecule has 2 aromatic rings. The van der Waals surface area contributed by atoms with E-state index in [2.05, 4.69) is 0 Å². The number of halogens is 1. The van der Waals surface area contributed by atoms with E-state index >= 15 is 4.39 Å². The van der Waals surface area contributed by atoms with Crippen LogP contribution in [0.3, 0.4) is 0 Å². The lowest BCUT2D eigenvalue weighted by Crippen LogP contribution is -2.46. The minimum Gasteiger partial charge on any atom is -0.492 e. The monoisotopic (exact) mass is 404 g/mol. The molecule has 0 amide bonds. The molecule has 0 bridgehead atoms. The summed E-state index contributed by atoms with van der Waals surface area (Å²) in [7, 11) is 1.42. The number of aromatic carboxylic acids is 1. The number of carboxylic acid groups (broad SMARTS) is 1. The fourth-order valence-corrected chi connectivity index (χ4v) is 4.20. The number of nitrogens with two attached hydrogens (primary N) is 2. The van der Waals surface area contributed by atoms with Crippen molar-refractivity contribution in [1.29, 1.82) is 0 Å². The second-order valence-electron chi connectivity index (χ2n) is 8.02. The number of nitrogen functional groups attached to an aromatic ring is 1. The third kappa shape index (κ3) is 3.00. The van der Waals surface area contributed by atoms with Crippen LogP contribution in [-0.4, -0.2) is 41.9 Å². The van der Waals surface area contributed by atoms with E-state index in [4.69, 9.17) is 16.2 Å². The van der Waals surface area contributed by atoms with Crippen LogP contribution < -0.4 is 26.5 Å². The van der Waals surface area contributed by atoms with Gasteiger partial charge in [-0.3, -0.25) is 4.79 Å². The first kappa shape index (κ1) is 19.5. The molecule has 9 heteroatoms. The Morgan fingerprint density at radius 2 is 2.03 bits per heavy atom. The van der Waals surface area contributed by atoms with E-state index in [1.54, 1.807) is 4.57 Å². The highest BCUT2D eigenvalue weighted by molar-refractivity contribution is 6.03. The molecule has 2 heterocycles. The fourth-order valence-electron chi connectivity index (χ4n) is 4.20. The molecule has 2 fully saturated rings. The minimum atomic E-state index is -1.37. The largest absolute Gasteiger partial charge is 0.492 e. The number of hydrogen-bond donors (Lipinski definition) is 3. The van der Waals surface area contributed by atoms with Gasteiger partial charge in [-0.1, -0.05) is 6.92 Å². The molecule has 2 atom stereocenters. The first-order valence-corrected chi connectivity index (χ1v) is 9.73. The third-order valence-electron chi connectivity index (χ3n) is 6.04. The number of ether oxygens (including phenoxy) is 1. The molecular formula is C20H25FN4O4. The Hall–Kier alpha value is -2.81. The zero-order valence-corrected chi connectivity index (χ0v) is 16.4. The molecular weight excluding hydrogens is 379 g/mol. The highest BCUT2D eigenvalue weighted by Gasteiger charge is 2.34. The van der Waals surface area contributed by atoms with Crippen LogP contribution in [-0.2, 0) is 0 Å². The number of carbonyl (C=O) groups is 1. The standard InChI is InChI=1S/C20H25FN4O4/c1-9-7-24(6-5-12(9)22)17-14(21)15(23)13-16(19(17)29-2)25(10-3-4-10)8-11(18(13)26)20(27)28/h8-10,12H,3-7,22-23H2,1-2H3,(H,27,28)/t9-,12+/m0/s1. The summed E-state index contributed by atoms with van der Waals surface area (Å²) in [5.74, 6) is -1.79. The maximum Gasteiger partial charge on any atom is 0.341 e. The molecule has 1 aliphatic carbocycles. The molecule has 2 aliphatic rings. The molecule has 1 aliphatic heterocycles. The van der Waals surface area contributed by atoms with Crippen molar-refractivity contribution in [1.82, 2.24) is 4.57 Å². The second-order valence-corrected chi connectivity index (χ2v) is 8.02. The lowest BCUT2D eigenvalue weighted by Gasteiger charge is -2.37. The van der Waals surface area contributed by atoms with Gasteiger partial charge in [-0.15, -0.1) is 0 Å². The molecule has 156 valence electrons. The summed E-state index contributed by atoms with van der Waals surface area (Å²) in [4.78, 5) is 26.3. The zero-order valence-electron chi connectivity index (χ0n) is 16.4. The Balaban J connectivity index is 2.06. The first-order valence-electron chi connectivity index (χ1n) is 9.73. The first-order chi connectivity index (χ1) is 13.8. The number of pyridine rings is 1. The quantitative estimate of drug-likeness (QED) is 0.665. The fraction of sp³-hybridized carbons (Fsp3) is 0.500. The van der Waals surface area contributed by atoms with Crippen LogP contribution in [0.1, 0.15) is 42.6 Å². The van der Waals surface area contributed by atoms with Crippen molar-refractivity contribution in [2.75, 3.05) is 30.8 Å². The SMILES string of the molecule is COc1c(N2CC[C@@H](N)[C@@H](C)C2)c(F)c(N)c2c(=O)c(C(=O)O)cn(C3CC3)c12. The van der Waals surface area contributed by atoms with Crippen LogP contribution >= 0.6 is 0 Å². The topological polar surface area (TPSA) is 124 Å². The predicted octanol–water partition coefficient (Wildman–Crippen LogP) is 1.94. The predicted molar refractivity (Wildman–Crippen MR) is 108 cm³/mol. The molecule has 0 unspecified atom stereocenters. The number of anilines is 2. The third-order valence-corrected chi connectivity index (χ3v) is 6.04. The maximum absolute atomic E-state index is 15.5. The number of fused-ring (bicyclic) bond motifs is 1. The van der Waals surface area contributed by atoms with E-state index in [0.29, 0.717) is 25.0 Å². The average molecular weight is 404 g/mol. The number of nitrogens with zero attached hydrogens (tertiary/aromatic N) is 2.